The third-order valence-corrected chi connectivity index (χ3v) is 2.15. The third-order valence-electron chi connectivity index (χ3n) is 2.15. The summed E-state index contributed by atoms with van der Waals surface area (Å²) in [5.41, 5.74) is 1.90. The molecule has 4 heteroatoms. The molecule has 0 aliphatic carbocycles. The largest absolute Gasteiger partial charge is 0.392 e. The van der Waals surface area contributed by atoms with E-state index in [1.54, 1.807) is 22.7 Å². The van der Waals surface area contributed by atoms with Crippen LogP contribution < -0.4 is 0 Å². The first-order chi connectivity index (χ1) is 6.74. The van der Waals surface area contributed by atoms with Gasteiger partial charge in [-0.2, -0.15) is 0 Å². The molecule has 0 saturated heterocycles. The van der Waals surface area contributed by atoms with Gasteiger partial charge in [0.1, 0.15) is 11.3 Å². The fraction of sp³-hybridized carbons (Fsp3) is 0.200. The minimum absolute atomic E-state index is 0.0346. The molecule has 2 aromatic rings. The van der Waals surface area contributed by atoms with Gasteiger partial charge in [0.15, 0.2) is 5.78 Å². The highest BCUT2D eigenvalue weighted by molar-refractivity contribution is 5.93. The Morgan fingerprint density at radius 2 is 2.43 bits per heavy atom. The van der Waals surface area contributed by atoms with Gasteiger partial charge in [0.05, 0.1) is 12.8 Å². The first-order valence-corrected chi connectivity index (χ1v) is 4.31. The predicted octanol–water partition coefficient (Wildman–Crippen LogP) is 1.03. The lowest BCUT2D eigenvalue weighted by Crippen LogP contribution is -1.99. The molecule has 14 heavy (non-hydrogen) atoms. The number of hydrogen-bond acceptors (Lipinski definition) is 3. The van der Waals surface area contributed by atoms with Crippen molar-refractivity contribution in [2.45, 2.75) is 13.5 Å². The monoisotopic (exact) mass is 190 g/mol. The Balaban J connectivity index is 2.75. The maximum atomic E-state index is 11.2. The fourth-order valence-corrected chi connectivity index (χ4v) is 1.45. The van der Waals surface area contributed by atoms with E-state index in [0.717, 1.165) is 5.56 Å². The summed E-state index contributed by atoms with van der Waals surface area (Å²) < 4.78 is 1.69. The van der Waals surface area contributed by atoms with Crippen molar-refractivity contribution >= 4 is 11.4 Å². The molecule has 0 spiro atoms. The summed E-state index contributed by atoms with van der Waals surface area (Å²) in [5, 5.41) is 9.05. The van der Waals surface area contributed by atoms with Gasteiger partial charge in [0.2, 0.25) is 0 Å². The van der Waals surface area contributed by atoms with Gasteiger partial charge >= 0.3 is 0 Å². The van der Waals surface area contributed by atoms with Gasteiger partial charge in [-0.1, -0.05) is 6.07 Å². The zero-order chi connectivity index (χ0) is 10.1. The first kappa shape index (κ1) is 8.90. The van der Waals surface area contributed by atoms with Crippen LogP contribution in [0.15, 0.2) is 24.5 Å². The molecule has 2 heterocycles. The zero-order valence-corrected chi connectivity index (χ0v) is 7.77. The van der Waals surface area contributed by atoms with Gasteiger partial charge < -0.3 is 5.11 Å². The highest BCUT2D eigenvalue weighted by Crippen LogP contribution is 2.12. The van der Waals surface area contributed by atoms with E-state index in [9.17, 15) is 4.79 Å². The van der Waals surface area contributed by atoms with Crippen molar-refractivity contribution in [1.29, 1.82) is 0 Å². The van der Waals surface area contributed by atoms with Crippen molar-refractivity contribution in [3.8, 4) is 0 Å². The smallest absolute Gasteiger partial charge is 0.178 e. The molecular formula is C10H10N2O2. The number of ketones is 1. The van der Waals surface area contributed by atoms with Crippen LogP contribution in [0, 0.1) is 0 Å². The number of nitrogens with zero attached hydrogens (tertiary/aromatic N) is 2. The van der Waals surface area contributed by atoms with E-state index in [1.807, 2.05) is 0 Å². The molecule has 1 N–H and O–H groups in total. The van der Waals surface area contributed by atoms with Crippen LogP contribution in [0.2, 0.25) is 0 Å². The second kappa shape index (κ2) is 3.23. The van der Waals surface area contributed by atoms with E-state index in [0.29, 0.717) is 11.3 Å². The average Bonchev–Trinajstić information content (AvgIpc) is 2.60. The Bertz CT molecular complexity index is 488. The van der Waals surface area contributed by atoms with Crippen LogP contribution in [-0.2, 0) is 6.61 Å². The molecule has 0 radical (unpaired) electrons. The van der Waals surface area contributed by atoms with Crippen molar-refractivity contribution in [3.05, 3.63) is 35.8 Å². The molecule has 2 rings (SSSR count). The van der Waals surface area contributed by atoms with E-state index < -0.39 is 0 Å². The maximum absolute atomic E-state index is 11.2. The van der Waals surface area contributed by atoms with Crippen molar-refractivity contribution in [2.75, 3.05) is 0 Å². The van der Waals surface area contributed by atoms with Crippen LogP contribution in [0.3, 0.4) is 0 Å². The number of aromatic nitrogens is 2. The van der Waals surface area contributed by atoms with Crippen LogP contribution in [0.5, 0.6) is 0 Å². The molecule has 0 aliphatic rings. The number of rotatable bonds is 2. The van der Waals surface area contributed by atoms with Gasteiger partial charge in [-0.25, -0.2) is 4.98 Å². The second-order valence-electron chi connectivity index (χ2n) is 3.08. The summed E-state index contributed by atoms with van der Waals surface area (Å²) in [4.78, 5) is 15.3. The first-order valence-electron chi connectivity index (χ1n) is 4.31. The second-order valence-corrected chi connectivity index (χ2v) is 3.08. The highest BCUT2D eigenvalue weighted by atomic mass is 16.3. The minimum atomic E-state index is -0.0707. The number of Topliss-reactive ketones (excluding diaryl/α,β-unsaturated/α-hetero) is 1. The molecular weight excluding hydrogens is 180 g/mol. The number of aliphatic hydroxyl groups is 1. The van der Waals surface area contributed by atoms with Crippen molar-refractivity contribution in [1.82, 2.24) is 9.38 Å². The Morgan fingerprint density at radius 1 is 1.64 bits per heavy atom. The number of aliphatic hydroxyl groups excluding tert-OH is 1. The van der Waals surface area contributed by atoms with E-state index in [4.69, 9.17) is 5.11 Å². The quantitative estimate of drug-likeness (QED) is 0.719. The number of carbonyl (C=O) groups is 1. The number of imidazole rings is 1. The van der Waals surface area contributed by atoms with Crippen molar-refractivity contribution in [3.63, 3.8) is 0 Å². The Kier molecular flexibility index (Phi) is 2.05. The summed E-state index contributed by atoms with van der Waals surface area (Å²) in [6.07, 6.45) is 3.29. The molecule has 0 aromatic carbocycles. The van der Waals surface area contributed by atoms with Crippen LogP contribution in [0.1, 0.15) is 23.0 Å². The number of hydrogen-bond donors (Lipinski definition) is 1. The standard InChI is InChI=1S/C10H10N2O2/c1-7(14)9-5-11-10-8(6-13)3-2-4-12(9)10/h2-5,13H,6H2,1H3. The van der Waals surface area contributed by atoms with E-state index in [-0.39, 0.29) is 12.4 Å². The van der Waals surface area contributed by atoms with Gasteiger partial charge in [0.25, 0.3) is 0 Å². The van der Waals surface area contributed by atoms with E-state index in [1.165, 1.54) is 13.1 Å². The van der Waals surface area contributed by atoms with Gasteiger partial charge in [-0.3, -0.25) is 9.20 Å². The maximum Gasteiger partial charge on any atom is 0.178 e. The normalized spacial score (nSPS) is 10.7. The SMILES string of the molecule is CC(=O)c1cnc2c(CO)cccn12. The fourth-order valence-electron chi connectivity index (χ4n) is 1.45. The van der Waals surface area contributed by atoms with Crippen molar-refractivity contribution < 1.29 is 9.90 Å². The molecule has 0 aliphatic heterocycles. The molecule has 4 nitrogen and oxygen atoms in total. The lowest BCUT2D eigenvalue weighted by molar-refractivity contribution is 0.101. The van der Waals surface area contributed by atoms with Crippen LogP contribution in [0.25, 0.3) is 5.65 Å². The molecule has 0 saturated carbocycles. The van der Waals surface area contributed by atoms with E-state index in [2.05, 4.69) is 4.98 Å². The van der Waals surface area contributed by atoms with Crippen LogP contribution in [0.4, 0.5) is 0 Å². The summed E-state index contributed by atoms with van der Waals surface area (Å²) in [5.74, 6) is -0.0346. The van der Waals surface area contributed by atoms with Gasteiger partial charge in [0, 0.05) is 18.7 Å². The molecule has 0 bridgehead atoms. The summed E-state index contributed by atoms with van der Waals surface area (Å²) in [6.45, 7) is 1.42. The highest BCUT2D eigenvalue weighted by Gasteiger charge is 2.09. The molecule has 72 valence electrons. The lowest BCUT2D eigenvalue weighted by atomic mass is 10.3. The number of carbonyl (C=O) groups excluding carboxylic acids is 1. The average molecular weight is 190 g/mol. The topological polar surface area (TPSA) is 54.6 Å². The van der Waals surface area contributed by atoms with Crippen LogP contribution in [-0.4, -0.2) is 20.3 Å². The Morgan fingerprint density at radius 3 is 3.07 bits per heavy atom. The lowest BCUT2D eigenvalue weighted by Gasteiger charge is -2.00. The molecule has 0 atom stereocenters. The number of pyridine rings is 1. The summed E-state index contributed by atoms with van der Waals surface area (Å²) >= 11 is 0. The van der Waals surface area contributed by atoms with Gasteiger partial charge in [-0.15, -0.1) is 0 Å². The Hall–Kier alpha value is -1.68. The molecule has 0 fully saturated rings. The van der Waals surface area contributed by atoms with Crippen molar-refractivity contribution in [2.24, 2.45) is 0 Å². The predicted molar refractivity (Wildman–Crippen MR) is 51.1 cm³/mol. The number of fused-ring (bicyclic) bond motifs is 1. The third kappa shape index (κ3) is 1.20. The molecule has 0 amide bonds. The summed E-state index contributed by atoms with van der Waals surface area (Å²) in [7, 11) is 0. The summed E-state index contributed by atoms with van der Waals surface area (Å²) in [6, 6.07) is 3.57. The zero-order valence-electron chi connectivity index (χ0n) is 7.77. The Labute approximate surface area is 80.8 Å². The minimum Gasteiger partial charge on any atom is -0.392 e. The van der Waals surface area contributed by atoms with E-state index >= 15 is 0 Å². The van der Waals surface area contributed by atoms with Crippen LogP contribution >= 0.6 is 0 Å². The molecule has 2 aromatic heterocycles. The molecule has 0 unspecified atom stereocenters. The van der Waals surface area contributed by atoms with Gasteiger partial charge in [-0.05, 0) is 6.07 Å².